The van der Waals surface area contributed by atoms with Crippen molar-refractivity contribution in [2.75, 3.05) is 31.6 Å². The highest BCUT2D eigenvalue weighted by Crippen LogP contribution is 2.26. The van der Waals surface area contributed by atoms with Gasteiger partial charge in [-0.25, -0.2) is 13.4 Å². The van der Waals surface area contributed by atoms with E-state index in [1.54, 1.807) is 12.1 Å². The molecular weight excluding hydrogens is 278 g/mol. The molecule has 1 unspecified atom stereocenters. The van der Waals surface area contributed by atoms with E-state index in [1.165, 1.54) is 10.5 Å². The van der Waals surface area contributed by atoms with Gasteiger partial charge in [0.05, 0.1) is 5.69 Å². The lowest BCUT2D eigenvalue weighted by molar-refractivity contribution is 0.165. The summed E-state index contributed by atoms with van der Waals surface area (Å²) in [4.78, 5) is 4.04. The molecule has 1 aliphatic heterocycles. The molecule has 0 aromatic carbocycles. The fourth-order valence-corrected chi connectivity index (χ4v) is 4.07. The second kappa shape index (κ2) is 6.51. The maximum absolute atomic E-state index is 12.7. The van der Waals surface area contributed by atoms with Gasteiger partial charge in [0.1, 0.15) is 0 Å². The second-order valence-corrected chi connectivity index (χ2v) is 6.79. The minimum atomic E-state index is -3.61. The average Bonchev–Trinajstić information content (AvgIpc) is 2.48. The first kappa shape index (κ1) is 15.2. The molecular formula is C13H21N3O3S. The van der Waals surface area contributed by atoms with E-state index < -0.39 is 10.0 Å². The molecule has 1 aromatic rings. The molecule has 0 bridgehead atoms. The van der Waals surface area contributed by atoms with E-state index >= 15 is 0 Å². The number of nitrogens with zero attached hydrogens (tertiary/aromatic N) is 2. The van der Waals surface area contributed by atoms with Gasteiger partial charge >= 0.3 is 0 Å². The summed E-state index contributed by atoms with van der Waals surface area (Å²) in [5.74, 6) is 0.0184. The van der Waals surface area contributed by atoms with E-state index in [4.69, 9.17) is 0 Å². The quantitative estimate of drug-likeness (QED) is 0.844. The zero-order chi connectivity index (χ0) is 14.6. The van der Waals surface area contributed by atoms with E-state index in [0.29, 0.717) is 25.3 Å². The lowest BCUT2D eigenvalue weighted by Gasteiger charge is -2.31. The van der Waals surface area contributed by atoms with Crippen LogP contribution in [0.15, 0.2) is 23.4 Å². The molecule has 20 heavy (non-hydrogen) atoms. The van der Waals surface area contributed by atoms with Gasteiger partial charge in [-0.2, -0.15) is 4.31 Å². The van der Waals surface area contributed by atoms with Crippen LogP contribution in [0.4, 0.5) is 5.69 Å². The molecule has 2 N–H and O–H groups in total. The van der Waals surface area contributed by atoms with Crippen molar-refractivity contribution in [1.29, 1.82) is 0 Å². The van der Waals surface area contributed by atoms with Crippen LogP contribution >= 0.6 is 0 Å². The number of hydrogen-bond donors (Lipinski definition) is 2. The molecule has 1 aromatic heterocycles. The van der Waals surface area contributed by atoms with Crippen LogP contribution in [0.5, 0.6) is 0 Å². The molecule has 112 valence electrons. The number of nitrogens with one attached hydrogen (secondary N) is 1. The first-order valence-electron chi connectivity index (χ1n) is 6.89. The standard InChI is InChI=1S/C13H21N3O3S/c1-2-14-12-6-3-7-15-13(12)20(18,19)16-8-4-5-11(9-16)10-17/h3,6-7,11,14,17H,2,4-5,8-10H2,1H3. The molecule has 2 heterocycles. The molecule has 2 rings (SSSR count). The van der Waals surface area contributed by atoms with Crippen molar-refractivity contribution in [1.82, 2.24) is 9.29 Å². The van der Waals surface area contributed by atoms with Gasteiger partial charge < -0.3 is 10.4 Å². The average molecular weight is 299 g/mol. The number of aliphatic hydroxyl groups is 1. The highest BCUT2D eigenvalue weighted by Gasteiger charge is 2.32. The first-order chi connectivity index (χ1) is 9.59. The van der Waals surface area contributed by atoms with Crippen LogP contribution in [0.25, 0.3) is 0 Å². The van der Waals surface area contributed by atoms with E-state index in [1.807, 2.05) is 6.92 Å². The SMILES string of the molecule is CCNc1cccnc1S(=O)(=O)N1CCCC(CO)C1. The van der Waals surface area contributed by atoms with Crippen LogP contribution in [-0.4, -0.2) is 49.1 Å². The molecule has 0 spiro atoms. The lowest BCUT2D eigenvalue weighted by Crippen LogP contribution is -2.41. The van der Waals surface area contributed by atoms with Gasteiger partial charge in [0.2, 0.25) is 0 Å². The van der Waals surface area contributed by atoms with Crippen molar-refractivity contribution >= 4 is 15.7 Å². The number of aromatic nitrogens is 1. The van der Waals surface area contributed by atoms with Crippen molar-refractivity contribution in [3.8, 4) is 0 Å². The Kier molecular flexibility index (Phi) is 4.95. The molecule has 0 amide bonds. The van der Waals surface area contributed by atoms with E-state index in [9.17, 15) is 13.5 Å². The number of pyridine rings is 1. The third-order valence-corrected chi connectivity index (χ3v) is 5.29. The van der Waals surface area contributed by atoms with Crippen LogP contribution in [0.3, 0.4) is 0 Å². The number of hydrogen-bond acceptors (Lipinski definition) is 5. The Morgan fingerprint density at radius 2 is 2.35 bits per heavy atom. The summed E-state index contributed by atoms with van der Waals surface area (Å²) in [6.45, 7) is 3.41. The summed E-state index contributed by atoms with van der Waals surface area (Å²) in [6.07, 6.45) is 3.12. The van der Waals surface area contributed by atoms with Gasteiger partial charge in [0.15, 0.2) is 5.03 Å². The van der Waals surface area contributed by atoms with Crippen molar-refractivity contribution in [3.05, 3.63) is 18.3 Å². The van der Waals surface area contributed by atoms with Crippen molar-refractivity contribution in [3.63, 3.8) is 0 Å². The van der Waals surface area contributed by atoms with Gasteiger partial charge in [0.25, 0.3) is 10.0 Å². The van der Waals surface area contributed by atoms with Crippen LogP contribution < -0.4 is 5.32 Å². The van der Waals surface area contributed by atoms with E-state index in [-0.39, 0.29) is 17.6 Å². The minimum absolute atomic E-state index is 0.0184. The third-order valence-electron chi connectivity index (χ3n) is 3.46. The smallest absolute Gasteiger partial charge is 0.262 e. The molecule has 0 radical (unpaired) electrons. The summed E-state index contributed by atoms with van der Waals surface area (Å²) in [7, 11) is -3.61. The van der Waals surface area contributed by atoms with Crippen molar-refractivity contribution in [2.45, 2.75) is 24.8 Å². The Hall–Kier alpha value is -1.18. The van der Waals surface area contributed by atoms with E-state index in [0.717, 1.165) is 12.8 Å². The molecule has 0 aliphatic carbocycles. The molecule has 1 aliphatic rings. The van der Waals surface area contributed by atoms with Gasteiger partial charge in [0, 0.05) is 32.4 Å². The van der Waals surface area contributed by atoms with Gasteiger partial charge in [-0.05, 0) is 37.8 Å². The third kappa shape index (κ3) is 3.11. The monoisotopic (exact) mass is 299 g/mol. The van der Waals surface area contributed by atoms with Crippen LogP contribution in [0, 0.1) is 5.92 Å². The number of anilines is 1. The van der Waals surface area contributed by atoms with Gasteiger partial charge in [-0.15, -0.1) is 0 Å². The molecule has 1 saturated heterocycles. The number of piperidine rings is 1. The summed E-state index contributed by atoms with van der Waals surface area (Å²) in [5, 5.41) is 12.3. The minimum Gasteiger partial charge on any atom is -0.396 e. The zero-order valence-electron chi connectivity index (χ0n) is 11.6. The molecule has 0 saturated carbocycles. The number of rotatable bonds is 5. The molecule has 1 fully saturated rings. The van der Waals surface area contributed by atoms with Gasteiger partial charge in [-0.3, -0.25) is 0 Å². The Bertz CT molecular complexity index is 548. The van der Waals surface area contributed by atoms with Crippen LogP contribution in [0.2, 0.25) is 0 Å². The summed E-state index contributed by atoms with van der Waals surface area (Å²) >= 11 is 0. The van der Waals surface area contributed by atoms with E-state index in [2.05, 4.69) is 10.3 Å². The van der Waals surface area contributed by atoms with Gasteiger partial charge in [-0.1, -0.05) is 0 Å². The summed E-state index contributed by atoms with van der Waals surface area (Å²) in [5.41, 5.74) is 0.529. The predicted octanol–water partition coefficient (Wildman–Crippen LogP) is 0.906. The largest absolute Gasteiger partial charge is 0.396 e. The Labute approximate surface area is 119 Å². The summed E-state index contributed by atoms with van der Waals surface area (Å²) in [6, 6.07) is 3.43. The predicted molar refractivity (Wildman–Crippen MR) is 77.0 cm³/mol. The normalized spacial score (nSPS) is 20.8. The Morgan fingerprint density at radius 3 is 3.05 bits per heavy atom. The zero-order valence-corrected chi connectivity index (χ0v) is 12.4. The second-order valence-electron chi connectivity index (χ2n) is 4.94. The molecule has 6 nitrogen and oxygen atoms in total. The number of sulfonamides is 1. The van der Waals surface area contributed by atoms with Crippen molar-refractivity contribution < 1.29 is 13.5 Å². The topological polar surface area (TPSA) is 82.5 Å². The molecule has 1 atom stereocenters. The van der Waals surface area contributed by atoms with Crippen LogP contribution in [0.1, 0.15) is 19.8 Å². The maximum atomic E-state index is 12.7. The molecule has 7 heteroatoms. The Morgan fingerprint density at radius 1 is 1.55 bits per heavy atom. The maximum Gasteiger partial charge on any atom is 0.262 e. The Balaban J connectivity index is 2.30. The number of aliphatic hydroxyl groups excluding tert-OH is 1. The summed E-state index contributed by atoms with van der Waals surface area (Å²) < 4.78 is 26.8. The first-order valence-corrected chi connectivity index (χ1v) is 8.33. The fraction of sp³-hybridized carbons (Fsp3) is 0.615. The lowest BCUT2D eigenvalue weighted by atomic mass is 10.0. The van der Waals surface area contributed by atoms with Crippen molar-refractivity contribution in [2.24, 2.45) is 5.92 Å². The highest BCUT2D eigenvalue weighted by atomic mass is 32.2. The fourth-order valence-electron chi connectivity index (χ4n) is 2.44. The van der Waals surface area contributed by atoms with Crippen LogP contribution in [-0.2, 0) is 10.0 Å². The highest BCUT2D eigenvalue weighted by molar-refractivity contribution is 7.89.